The summed E-state index contributed by atoms with van der Waals surface area (Å²) in [5.74, 6) is -4.03. The number of carbonyl (C=O) groups excluding carboxylic acids is 3. The highest BCUT2D eigenvalue weighted by Crippen LogP contribution is 2.38. The molecule has 3 aromatic carbocycles. The summed E-state index contributed by atoms with van der Waals surface area (Å²) in [5, 5.41) is 42.2. The van der Waals surface area contributed by atoms with Crippen molar-refractivity contribution in [2.24, 2.45) is 0 Å². The van der Waals surface area contributed by atoms with E-state index in [9.17, 15) is 45.8 Å². The summed E-state index contributed by atoms with van der Waals surface area (Å²) in [7, 11) is 6.92. The van der Waals surface area contributed by atoms with Crippen LogP contribution in [0.25, 0.3) is 50.8 Å². The largest absolute Gasteiger partial charge is 0.395 e. The van der Waals surface area contributed by atoms with Crippen LogP contribution in [-0.2, 0) is 58.3 Å². The Labute approximate surface area is 729 Å². The number of hydrogen-bond acceptors (Lipinski definition) is 19. The van der Waals surface area contributed by atoms with Gasteiger partial charge in [-0.2, -0.15) is 15.3 Å². The smallest absolute Gasteiger partial charge is 0.320 e. The number of aliphatic hydroxyl groups excluding tert-OH is 1. The number of pyridine rings is 3. The van der Waals surface area contributed by atoms with E-state index in [1.165, 1.54) is 19.3 Å². The molecule has 0 spiro atoms. The molecule has 31 nitrogen and oxygen atoms in total. The van der Waals surface area contributed by atoms with E-state index in [0.717, 1.165) is 135 Å². The Hall–Kier alpha value is -12.4. The fourth-order valence-corrected chi connectivity index (χ4v) is 17.4. The molecule has 3 fully saturated rings. The third-order valence-electron chi connectivity index (χ3n) is 23.9. The van der Waals surface area contributed by atoms with Crippen molar-refractivity contribution in [2.75, 3.05) is 136 Å². The quantitative estimate of drug-likeness (QED) is 0.0248. The minimum absolute atomic E-state index is 0.0878. The molecule has 6 atom stereocenters. The van der Waals surface area contributed by atoms with Crippen molar-refractivity contribution in [3.63, 3.8) is 0 Å². The molecule has 6 amide bonds. The molecule has 0 aliphatic carbocycles. The Morgan fingerprint density at radius 3 is 1.09 bits per heavy atom. The summed E-state index contributed by atoms with van der Waals surface area (Å²) in [4.78, 5) is 65.1. The summed E-state index contributed by atoms with van der Waals surface area (Å²) in [5.41, 5.74) is 15.5. The zero-order valence-corrected chi connectivity index (χ0v) is 71.4. The third-order valence-corrected chi connectivity index (χ3v) is 23.9. The van der Waals surface area contributed by atoms with Gasteiger partial charge in [0.25, 0.3) is 0 Å². The van der Waals surface area contributed by atoms with Crippen molar-refractivity contribution in [1.82, 2.24) is 98.4 Å². The number of benzene rings is 3. The maximum atomic E-state index is 13.9. The molecule has 37 heteroatoms. The number of amides is 6. The van der Waals surface area contributed by atoms with Crippen LogP contribution in [0.3, 0.4) is 0 Å². The van der Waals surface area contributed by atoms with Gasteiger partial charge in [-0.1, -0.05) is 54.6 Å². The molecular weight excluding hydrogens is 1650 g/mol. The summed E-state index contributed by atoms with van der Waals surface area (Å²) >= 11 is 0. The number of nitrogens with zero attached hydrogens (tertiary/aromatic N) is 17. The first-order valence-corrected chi connectivity index (χ1v) is 42.0. The van der Waals surface area contributed by atoms with Crippen molar-refractivity contribution < 1.29 is 64.8 Å². The predicted molar refractivity (Wildman–Crippen MR) is 462 cm³/mol. The third kappa shape index (κ3) is 19.7. The van der Waals surface area contributed by atoms with Gasteiger partial charge >= 0.3 is 18.1 Å². The Morgan fingerprint density at radius 1 is 0.417 bits per heavy atom. The fraction of sp³-hybridized carbons (Fsp3) is 0.367. The van der Waals surface area contributed by atoms with Crippen molar-refractivity contribution in [1.29, 1.82) is 0 Å². The molecule has 9 aromatic heterocycles. The first-order chi connectivity index (χ1) is 61.5. The molecule has 3 saturated heterocycles. The van der Waals surface area contributed by atoms with E-state index in [-0.39, 0.29) is 24.7 Å². The van der Waals surface area contributed by atoms with Gasteiger partial charge in [-0.15, -0.1) is 0 Å². The highest BCUT2D eigenvalue weighted by atomic mass is 19.2. The summed E-state index contributed by atoms with van der Waals surface area (Å²) in [6, 6.07) is 31.1. The number of aliphatic hydroxyl groups is 1. The van der Waals surface area contributed by atoms with E-state index in [0.29, 0.717) is 140 Å². The number of aromatic nitrogens is 12. The molecular formula is C90H101F6N23O8. The number of anilines is 3. The standard InChI is InChI=1S/C31H36F2N8O3.C30H34F2N8O2.C29H31F2N7O3/c1-20-29(21-12-22-14-38(8-10-42)17-26(22)34-13-21)37-41(23-6-4-3-5-7-23)30(20)36-31(43)35-27-18-39(9-11-44-2)19-28(27)40-15-24(32)25(33)16-40;1-19-28(20-11-21-13-37(2)16-25(21)33-12-20)36-40(22-7-5-4-6-8-22)29(19)35-30(41)34-26-17-38(9-10-42-3)18-27(26)39-14-23(31)24(32)15-39;1-18-27(19-10-20-16-41-17-25(20)32-11-19)35-38(21-6-4-3-5-7-21)28(18)34-29(39)33-24-14-36(8-9-40-2)15-26(24)37-12-22(30)23(31)13-37/h3-7,12-13,15-16,27-28,42H,8-11,14,17-19H2,1-2H3,(H2,35,36,43);4-8,11-12,14-15,26-27H,9-10,13,16-18H2,1-3H3,(H2,34,35,41);3-7,10-13,24,26H,8-9,14-17H2,1-2H3,(H2,33,34,39). The second-order valence-electron chi connectivity index (χ2n) is 32.6. The number of ether oxygens (including phenoxy) is 4. The summed E-state index contributed by atoms with van der Waals surface area (Å²) < 4.78 is 114. The molecule has 18 rings (SSSR count). The van der Waals surface area contributed by atoms with Gasteiger partial charge in [0.15, 0.2) is 34.9 Å². The number of nitrogens with one attached hydrogen (secondary N) is 6. The van der Waals surface area contributed by atoms with Crippen LogP contribution < -0.4 is 31.9 Å². The van der Waals surface area contributed by atoms with E-state index in [4.69, 9.17) is 34.2 Å². The van der Waals surface area contributed by atoms with Gasteiger partial charge < -0.3 is 53.7 Å². The van der Waals surface area contributed by atoms with Crippen LogP contribution in [0.4, 0.5) is 58.2 Å². The number of urea groups is 3. The fourth-order valence-electron chi connectivity index (χ4n) is 17.4. The van der Waals surface area contributed by atoms with Crippen molar-refractivity contribution in [2.45, 2.75) is 96.4 Å². The lowest BCUT2D eigenvalue weighted by atomic mass is 10.1. The van der Waals surface area contributed by atoms with E-state index in [1.807, 2.05) is 124 Å². The van der Waals surface area contributed by atoms with E-state index in [1.54, 1.807) is 47.8 Å². The number of hydrogen-bond donors (Lipinski definition) is 7. The minimum atomic E-state index is -0.930. The molecule has 6 aliphatic heterocycles. The highest BCUT2D eigenvalue weighted by molar-refractivity contribution is 5.93. The molecule has 0 bridgehead atoms. The maximum Gasteiger partial charge on any atom is 0.320 e. The number of carbonyl (C=O) groups is 3. The SMILES string of the molecule is COCCN1CC(NC(=O)Nc2c(C)c(-c3cnc4c(c3)CN(C)C4)nn2-c2ccccc2)C(n2cc(F)c(F)c2)C1.COCCN1CC(NC(=O)Nc2c(C)c(-c3cnc4c(c3)CN(CCO)C4)nn2-c2ccccc2)C(n2cc(F)c(F)c2)C1.COCCN1CC(NC(=O)Nc2c(C)c(-c3cnc4c(c3)COC4)nn2-c2ccccc2)C(n2cc(F)c(F)c2)C1. The van der Waals surface area contributed by atoms with Crippen LogP contribution in [0.2, 0.25) is 0 Å². The van der Waals surface area contributed by atoms with Gasteiger partial charge in [-0.3, -0.25) is 55.4 Å². The van der Waals surface area contributed by atoms with Crippen molar-refractivity contribution in [3.05, 3.63) is 250 Å². The first-order valence-electron chi connectivity index (χ1n) is 42.0. The Morgan fingerprint density at radius 2 is 0.748 bits per heavy atom. The number of fused-ring (bicyclic) bond motifs is 3. The molecule has 15 heterocycles. The number of likely N-dealkylation sites (tertiary alicyclic amines) is 3. The van der Waals surface area contributed by atoms with Crippen molar-refractivity contribution >= 4 is 35.5 Å². The molecule has 12 aromatic rings. The summed E-state index contributed by atoms with van der Waals surface area (Å²) in [6.07, 6.45) is 12.2. The normalized spacial score (nSPS) is 18.7. The van der Waals surface area contributed by atoms with Crippen LogP contribution in [-0.4, -0.2) is 244 Å². The van der Waals surface area contributed by atoms with Gasteiger partial charge in [0.2, 0.25) is 0 Å². The Bertz CT molecular complexity index is 5830. The van der Waals surface area contributed by atoms with Gasteiger partial charge in [-0.25, -0.2) is 54.8 Å². The maximum absolute atomic E-state index is 13.9. The summed E-state index contributed by atoms with van der Waals surface area (Å²) in [6.45, 7) is 16.8. The minimum Gasteiger partial charge on any atom is -0.395 e. The van der Waals surface area contributed by atoms with Gasteiger partial charge in [0.1, 0.15) is 17.5 Å². The van der Waals surface area contributed by atoms with E-state index < -0.39 is 71.1 Å². The van der Waals surface area contributed by atoms with Crippen molar-refractivity contribution in [3.8, 4) is 50.8 Å². The van der Waals surface area contributed by atoms with E-state index in [2.05, 4.69) is 90.5 Å². The molecule has 7 N–H and O–H groups in total. The van der Waals surface area contributed by atoms with Crippen LogP contribution in [0, 0.1) is 55.7 Å². The Kier molecular flexibility index (Phi) is 27.2. The number of methoxy groups -OCH3 is 3. The zero-order chi connectivity index (χ0) is 88.7. The second-order valence-corrected chi connectivity index (χ2v) is 32.6. The van der Waals surface area contributed by atoms with E-state index >= 15 is 0 Å². The number of β-amino-alcohol motifs (C(OH)–C–C–N with tert-alkyl or cyclic N) is 1. The van der Waals surface area contributed by atoms with Crippen LogP contribution in [0.5, 0.6) is 0 Å². The highest BCUT2D eigenvalue weighted by Gasteiger charge is 2.40. The lowest BCUT2D eigenvalue weighted by molar-refractivity contribution is 0.133. The number of para-hydroxylation sites is 3. The molecule has 0 saturated carbocycles. The monoisotopic (exact) mass is 1750 g/mol. The van der Waals surface area contributed by atoms with Crippen LogP contribution in [0.1, 0.15) is 68.6 Å². The van der Waals surface area contributed by atoms with Gasteiger partial charge in [0.05, 0.1) is 127 Å². The lowest BCUT2D eigenvalue weighted by Crippen LogP contribution is -2.43. The average Bonchev–Trinajstić information content (AvgIpc) is 1.63. The molecule has 666 valence electrons. The predicted octanol–water partition coefficient (Wildman–Crippen LogP) is 11.3. The Balaban J connectivity index is 0.000000140. The molecule has 6 aliphatic rings. The average molecular weight is 1750 g/mol. The zero-order valence-electron chi connectivity index (χ0n) is 71.4. The molecule has 0 radical (unpaired) electrons. The number of rotatable bonds is 26. The molecule has 127 heavy (non-hydrogen) atoms. The van der Waals surface area contributed by atoms with Gasteiger partial charge in [-0.05, 0) is 93.5 Å². The molecule has 6 unspecified atom stereocenters. The topological polar surface area (TPSA) is 304 Å². The van der Waals surface area contributed by atoms with Crippen LogP contribution in [0.15, 0.2) is 165 Å². The number of halogens is 6. The van der Waals surface area contributed by atoms with Crippen LogP contribution >= 0.6 is 0 Å². The second kappa shape index (κ2) is 39.2. The lowest BCUT2D eigenvalue weighted by Gasteiger charge is -2.22. The van der Waals surface area contributed by atoms with Gasteiger partial charge in [0, 0.05) is 208 Å². The first kappa shape index (κ1) is 88.0.